The summed E-state index contributed by atoms with van der Waals surface area (Å²) in [6.07, 6.45) is 1.02. The Morgan fingerprint density at radius 3 is 2.50 bits per heavy atom. The molecule has 1 atom stereocenters. The van der Waals surface area contributed by atoms with Gasteiger partial charge in [-0.1, -0.05) is 45.0 Å². The van der Waals surface area contributed by atoms with E-state index in [4.69, 9.17) is 0 Å². The predicted molar refractivity (Wildman–Crippen MR) is 60.2 cm³/mol. The summed E-state index contributed by atoms with van der Waals surface area (Å²) in [5.41, 5.74) is 1.58. The lowest BCUT2D eigenvalue weighted by atomic mass is 9.84. The highest BCUT2D eigenvalue weighted by atomic mass is 16.3. The SMILES string of the molecule is CCc1cccc(C(C)(O)C(C)C)c1. The third kappa shape index (κ3) is 2.16. The normalized spacial score (nSPS) is 15.6. The summed E-state index contributed by atoms with van der Waals surface area (Å²) in [5.74, 6) is 0.231. The predicted octanol–water partition coefficient (Wildman–Crippen LogP) is 3.11. The van der Waals surface area contributed by atoms with Gasteiger partial charge in [0.25, 0.3) is 0 Å². The second kappa shape index (κ2) is 4.14. The van der Waals surface area contributed by atoms with Crippen molar-refractivity contribution in [2.45, 2.75) is 39.7 Å². The average Bonchev–Trinajstić information content (AvgIpc) is 2.17. The molecule has 0 aliphatic heterocycles. The Bertz CT molecular complexity index is 300. The minimum absolute atomic E-state index is 0.231. The molecule has 1 aromatic carbocycles. The molecule has 0 fully saturated rings. The topological polar surface area (TPSA) is 20.2 Å². The Morgan fingerprint density at radius 1 is 1.36 bits per heavy atom. The average molecular weight is 192 g/mol. The molecule has 0 radical (unpaired) electrons. The summed E-state index contributed by atoms with van der Waals surface area (Å²) in [5, 5.41) is 10.3. The van der Waals surface area contributed by atoms with E-state index in [0.29, 0.717) is 0 Å². The first kappa shape index (κ1) is 11.3. The van der Waals surface area contributed by atoms with Gasteiger partial charge in [-0.3, -0.25) is 0 Å². The van der Waals surface area contributed by atoms with Gasteiger partial charge in [0.15, 0.2) is 0 Å². The fourth-order valence-corrected chi connectivity index (χ4v) is 1.44. The van der Waals surface area contributed by atoms with E-state index in [2.05, 4.69) is 19.1 Å². The van der Waals surface area contributed by atoms with Crippen LogP contribution in [0, 0.1) is 5.92 Å². The number of aryl methyl sites for hydroxylation is 1. The summed E-state index contributed by atoms with van der Waals surface area (Å²) in [7, 11) is 0. The number of hydrogen-bond acceptors (Lipinski definition) is 1. The van der Waals surface area contributed by atoms with Gasteiger partial charge in [-0.15, -0.1) is 0 Å². The van der Waals surface area contributed by atoms with Gasteiger partial charge >= 0.3 is 0 Å². The van der Waals surface area contributed by atoms with Crippen LogP contribution >= 0.6 is 0 Å². The van der Waals surface area contributed by atoms with E-state index in [1.54, 1.807) is 0 Å². The van der Waals surface area contributed by atoms with Crippen molar-refractivity contribution in [2.24, 2.45) is 5.92 Å². The molecule has 1 N–H and O–H groups in total. The van der Waals surface area contributed by atoms with E-state index in [-0.39, 0.29) is 5.92 Å². The summed E-state index contributed by atoms with van der Waals surface area (Å²) in [6.45, 7) is 8.09. The molecule has 0 spiro atoms. The fraction of sp³-hybridized carbons (Fsp3) is 0.538. The maximum atomic E-state index is 10.3. The zero-order valence-corrected chi connectivity index (χ0v) is 9.54. The maximum Gasteiger partial charge on any atom is 0.0891 e. The van der Waals surface area contributed by atoms with E-state index >= 15 is 0 Å². The molecule has 0 amide bonds. The Balaban J connectivity index is 3.06. The van der Waals surface area contributed by atoms with Crippen molar-refractivity contribution in [3.63, 3.8) is 0 Å². The molecule has 0 aliphatic carbocycles. The standard InChI is InChI=1S/C13H20O/c1-5-11-7-6-8-12(9-11)13(4,14)10(2)3/h6-10,14H,5H2,1-4H3. The van der Waals surface area contributed by atoms with E-state index < -0.39 is 5.60 Å². The third-order valence-corrected chi connectivity index (χ3v) is 3.04. The van der Waals surface area contributed by atoms with Crippen molar-refractivity contribution >= 4 is 0 Å². The van der Waals surface area contributed by atoms with Gasteiger partial charge in [0.05, 0.1) is 5.60 Å². The van der Waals surface area contributed by atoms with Crippen molar-refractivity contribution in [3.05, 3.63) is 35.4 Å². The molecule has 0 bridgehead atoms. The second-order valence-electron chi connectivity index (χ2n) is 4.36. The summed E-state index contributed by atoms with van der Waals surface area (Å²) < 4.78 is 0. The highest BCUT2D eigenvalue weighted by molar-refractivity contribution is 5.28. The lowest BCUT2D eigenvalue weighted by Gasteiger charge is -2.28. The number of hydrogen-bond donors (Lipinski definition) is 1. The summed E-state index contributed by atoms with van der Waals surface area (Å²) in [4.78, 5) is 0. The first-order valence-electron chi connectivity index (χ1n) is 5.30. The molecule has 78 valence electrons. The Morgan fingerprint density at radius 2 is 2.00 bits per heavy atom. The Labute approximate surface area is 86.8 Å². The van der Waals surface area contributed by atoms with Crippen LogP contribution in [0.4, 0.5) is 0 Å². The molecule has 0 saturated carbocycles. The van der Waals surface area contributed by atoms with Crippen molar-refractivity contribution in [1.82, 2.24) is 0 Å². The molecule has 0 aliphatic rings. The third-order valence-electron chi connectivity index (χ3n) is 3.04. The van der Waals surface area contributed by atoms with Gasteiger partial charge < -0.3 is 5.11 Å². The van der Waals surface area contributed by atoms with Gasteiger partial charge in [-0.25, -0.2) is 0 Å². The van der Waals surface area contributed by atoms with E-state index in [0.717, 1.165) is 12.0 Å². The smallest absolute Gasteiger partial charge is 0.0891 e. The minimum Gasteiger partial charge on any atom is -0.385 e. The van der Waals surface area contributed by atoms with Crippen LogP contribution in [-0.2, 0) is 12.0 Å². The van der Waals surface area contributed by atoms with Gasteiger partial charge in [-0.2, -0.15) is 0 Å². The monoisotopic (exact) mass is 192 g/mol. The van der Waals surface area contributed by atoms with Crippen LogP contribution in [0.1, 0.15) is 38.8 Å². The molecule has 1 rings (SSSR count). The maximum absolute atomic E-state index is 10.3. The van der Waals surface area contributed by atoms with Crippen LogP contribution in [0.25, 0.3) is 0 Å². The minimum atomic E-state index is -0.717. The molecule has 0 heterocycles. The Kier molecular flexibility index (Phi) is 3.33. The quantitative estimate of drug-likeness (QED) is 0.780. The largest absolute Gasteiger partial charge is 0.385 e. The van der Waals surface area contributed by atoms with E-state index in [9.17, 15) is 5.11 Å². The van der Waals surface area contributed by atoms with Crippen LogP contribution in [0.3, 0.4) is 0 Å². The van der Waals surface area contributed by atoms with E-state index in [1.165, 1.54) is 5.56 Å². The molecule has 1 aromatic rings. The van der Waals surface area contributed by atoms with Gasteiger partial charge in [-0.05, 0) is 30.4 Å². The molecule has 0 saturated heterocycles. The van der Waals surface area contributed by atoms with Crippen LogP contribution in [0.2, 0.25) is 0 Å². The van der Waals surface area contributed by atoms with E-state index in [1.807, 2.05) is 32.9 Å². The highest BCUT2D eigenvalue weighted by Crippen LogP contribution is 2.29. The van der Waals surface area contributed by atoms with Crippen molar-refractivity contribution in [3.8, 4) is 0 Å². The molecular formula is C13H20O. The number of rotatable bonds is 3. The van der Waals surface area contributed by atoms with Crippen LogP contribution in [-0.4, -0.2) is 5.11 Å². The molecular weight excluding hydrogens is 172 g/mol. The van der Waals surface area contributed by atoms with Crippen molar-refractivity contribution in [1.29, 1.82) is 0 Å². The van der Waals surface area contributed by atoms with Crippen molar-refractivity contribution < 1.29 is 5.11 Å². The zero-order valence-electron chi connectivity index (χ0n) is 9.54. The lowest BCUT2D eigenvalue weighted by Crippen LogP contribution is -2.27. The fourth-order valence-electron chi connectivity index (χ4n) is 1.44. The van der Waals surface area contributed by atoms with Gasteiger partial charge in [0, 0.05) is 0 Å². The first-order chi connectivity index (χ1) is 6.48. The van der Waals surface area contributed by atoms with Crippen LogP contribution < -0.4 is 0 Å². The number of benzene rings is 1. The summed E-state index contributed by atoms with van der Waals surface area (Å²) >= 11 is 0. The lowest BCUT2D eigenvalue weighted by molar-refractivity contribution is 0.00899. The molecule has 1 nitrogen and oxygen atoms in total. The van der Waals surface area contributed by atoms with Gasteiger partial charge in [0.1, 0.15) is 0 Å². The molecule has 0 aromatic heterocycles. The van der Waals surface area contributed by atoms with Crippen LogP contribution in [0.5, 0.6) is 0 Å². The molecule has 1 unspecified atom stereocenters. The summed E-state index contributed by atoms with van der Waals surface area (Å²) in [6, 6.07) is 8.21. The van der Waals surface area contributed by atoms with Crippen molar-refractivity contribution in [2.75, 3.05) is 0 Å². The number of aliphatic hydroxyl groups is 1. The van der Waals surface area contributed by atoms with Gasteiger partial charge in [0.2, 0.25) is 0 Å². The zero-order chi connectivity index (χ0) is 10.8. The first-order valence-corrected chi connectivity index (χ1v) is 5.30. The Hall–Kier alpha value is -0.820. The second-order valence-corrected chi connectivity index (χ2v) is 4.36. The molecule has 1 heteroatoms. The molecule has 14 heavy (non-hydrogen) atoms. The van der Waals surface area contributed by atoms with Crippen LogP contribution in [0.15, 0.2) is 24.3 Å². The highest BCUT2D eigenvalue weighted by Gasteiger charge is 2.26.